The Kier molecular flexibility index (Phi) is 7.43. The van der Waals surface area contributed by atoms with E-state index in [4.69, 9.17) is 23.8 Å². The van der Waals surface area contributed by atoms with E-state index in [9.17, 15) is 4.39 Å². The molecule has 0 spiro atoms. The molecule has 0 bridgehead atoms. The normalized spacial score (nSPS) is 10.8. The molecular weight excluding hydrogens is 453 g/mol. The maximum Gasteiger partial charge on any atom is 0.174 e. The fraction of sp³-hybridized carbons (Fsp3) is 0.148. The van der Waals surface area contributed by atoms with Gasteiger partial charge in [0.15, 0.2) is 5.11 Å². The highest BCUT2D eigenvalue weighted by atomic mass is 35.5. The Morgan fingerprint density at radius 2 is 1.79 bits per heavy atom. The molecule has 33 heavy (non-hydrogen) atoms. The van der Waals surface area contributed by atoms with Gasteiger partial charge in [0.25, 0.3) is 0 Å². The van der Waals surface area contributed by atoms with E-state index < -0.39 is 0 Å². The van der Waals surface area contributed by atoms with Crippen LogP contribution in [0.5, 0.6) is 0 Å². The second-order valence-corrected chi connectivity index (χ2v) is 8.80. The van der Waals surface area contributed by atoms with Crippen LogP contribution in [0.15, 0.2) is 91.1 Å². The number of thiocarbonyl (C=S) groups is 1. The first-order valence-corrected chi connectivity index (χ1v) is 11.5. The van der Waals surface area contributed by atoms with Gasteiger partial charge in [0.2, 0.25) is 0 Å². The Morgan fingerprint density at radius 1 is 0.970 bits per heavy atom. The average Bonchev–Trinajstić information content (AvgIpc) is 3.22. The van der Waals surface area contributed by atoms with Gasteiger partial charge in [-0.1, -0.05) is 60.1 Å². The summed E-state index contributed by atoms with van der Waals surface area (Å²) in [6.45, 7) is 3.89. The Bertz CT molecular complexity index is 1240. The van der Waals surface area contributed by atoms with Crippen LogP contribution in [-0.2, 0) is 19.6 Å². The van der Waals surface area contributed by atoms with E-state index in [0.717, 1.165) is 16.9 Å². The van der Waals surface area contributed by atoms with Crippen molar-refractivity contribution in [3.8, 4) is 0 Å². The molecule has 0 aliphatic carbocycles. The molecule has 0 radical (unpaired) electrons. The van der Waals surface area contributed by atoms with Crippen LogP contribution in [0.3, 0.4) is 0 Å². The highest BCUT2D eigenvalue weighted by Crippen LogP contribution is 2.21. The molecule has 3 nitrogen and oxygen atoms in total. The molecule has 0 aliphatic heterocycles. The van der Waals surface area contributed by atoms with Crippen molar-refractivity contribution >= 4 is 34.6 Å². The van der Waals surface area contributed by atoms with Crippen LogP contribution in [0.25, 0.3) is 0 Å². The second kappa shape index (κ2) is 10.6. The maximum atomic E-state index is 13.5. The maximum absolute atomic E-state index is 13.5. The first-order valence-electron chi connectivity index (χ1n) is 10.7. The molecule has 0 atom stereocenters. The number of hydrogen-bond acceptors (Lipinski definition) is 1. The Hall–Kier alpha value is -3.15. The summed E-state index contributed by atoms with van der Waals surface area (Å²) in [4.78, 5) is 2.14. The third kappa shape index (κ3) is 6.21. The van der Waals surface area contributed by atoms with Crippen molar-refractivity contribution in [1.29, 1.82) is 0 Å². The van der Waals surface area contributed by atoms with Crippen LogP contribution in [0, 0.1) is 12.7 Å². The lowest BCUT2D eigenvalue weighted by atomic mass is 10.2. The topological polar surface area (TPSA) is 20.2 Å². The minimum atomic E-state index is -0.335. The third-order valence-corrected chi connectivity index (χ3v) is 6.12. The molecule has 1 aromatic heterocycles. The molecule has 4 aromatic rings. The zero-order valence-corrected chi connectivity index (χ0v) is 19.9. The number of benzene rings is 3. The van der Waals surface area contributed by atoms with Gasteiger partial charge in [-0.2, -0.15) is 0 Å². The summed E-state index contributed by atoms with van der Waals surface area (Å²) in [5.41, 5.74) is 5.25. The Balaban J connectivity index is 1.56. The van der Waals surface area contributed by atoms with E-state index in [1.807, 2.05) is 42.6 Å². The van der Waals surface area contributed by atoms with Gasteiger partial charge in [0, 0.05) is 35.7 Å². The second-order valence-electron chi connectivity index (χ2n) is 8.00. The van der Waals surface area contributed by atoms with Crippen molar-refractivity contribution in [1.82, 2.24) is 9.47 Å². The number of hydrogen-bond donors (Lipinski definition) is 1. The first-order chi connectivity index (χ1) is 16.0. The van der Waals surface area contributed by atoms with Crippen LogP contribution in [0.4, 0.5) is 10.1 Å². The summed E-state index contributed by atoms with van der Waals surface area (Å²) < 4.78 is 15.6. The number of anilines is 1. The Labute approximate surface area is 204 Å². The summed E-state index contributed by atoms with van der Waals surface area (Å²) in [6, 6.07) is 27.0. The molecule has 1 heterocycles. The molecule has 3 aromatic carbocycles. The molecule has 4 rings (SSSR count). The molecule has 0 unspecified atom stereocenters. The van der Waals surface area contributed by atoms with Crippen molar-refractivity contribution in [3.63, 3.8) is 0 Å². The molecule has 0 amide bonds. The van der Waals surface area contributed by atoms with Gasteiger partial charge >= 0.3 is 0 Å². The minimum absolute atomic E-state index is 0.335. The highest BCUT2D eigenvalue weighted by molar-refractivity contribution is 7.80. The van der Waals surface area contributed by atoms with Gasteiger partial charge < -0.3 is 14.8 Å². The molecule has 6 heteroatoms. The van der Waals surface area contributed by atoms with Crippen molar-refractivity contribution in [2.24, 2.45) is 0 Å². The van der Waals surface area contributed by atoms with Crippen LogP contribution in [-0.4, -0.2) is 14.6 Å². The quantitative estimate of drug-likeness (QED) is 0.288. The monoisotopic (exact) mass is 477 g/mol. The van der Waals surface area contributed by atoms with Gasteiger partial charge in [-0.3, -0.25) is 0 Å². The van der Waals surface area contributed by atoms with Gasteiger partial charge in [-0.05, 0) is 72.2 Å². The predicted octanol–water partition coefficient (Wildman–Crippen LogP) is 7.04. The summed E-state index contributed by atoms with van der Waals surface area (Å²) in [5, 5.41) is 4.46. The molecule has 0 aliphatic rings. The van der Waals surface area contributed by atoms with Crippen LogP contribution < -0.4 is 5.32 Å². The molecule has 0 saturated heterocycles. The van der Waals surface area contributed by atoms with Crippen LogP contribution in [0.2, 0.25) is 5.02 Å². The lowest BCUT2D eigenvalue weighted by Gasteiger charge is -2.27. The van der Waals surface area contributed by atoms with E-state index in [1.54, 1.807) is 6.07 Å². The van der Waals surface area contributed by atoms with Crippen LogP contribution >= 0.6 is 23.8 Å². The number of rotatable bonds is 7. The molecule has 0 fully saturated rings. The lowest BCUT2D eigenvalue weighted by Crippen LogP contribution is -2.34. The fourth-order valence-electron chi connectivity index (χ4n) is 3.70. The summed E-state index contributed by atoms with van der Waals surface area (Å²) >= 11 is 12.1. The van der Waals surface area contributed by atoms with Gasteiger partial charge in [0.05, 0.1) is 6.54 Å². The van der Waals surface area contributed by atoms with E-state index in [-0.39, 0.29) is 5.82 Å². The predicted molar refractivity (Wildman–Crippen MR) is 138 cm³/mol. The standard InChI is InChI=1S/C27H25ClFN3S/c1-20-7-5-10-24(15-20)30-27(33)32(17-21-8-3-2-4-9-21)19-25-11-6-14-31(25)18-22-12-13-23(29)16-26(22)28/h2-16H,17-19H2,1H3,(H,30,33). The third-order valence-electron chi connectivity index (χ3n) is 5.41. The number of aryl methyl sites for hydroxylation is 1. The zero-order chi connectivity index (χ0) is 23.2. The van der Waals surface area contributed by atoms with Crippen molar-refractivity contribution in [2.45, 2.75) is 26.6 Å². The zero-order valence-electron chi connectivity index (χ0n) is 18.3. The van der Waals surface area contributed by atoms with Gasteiger partial charge in [-0.15, -0.1) is 0 Å². The van der Waals surface area contributed by atoms with Crippen molar-refractivity contribution in [3.05, 3.63) is 124 Å². The highest BCUT2D eigenvalue weighted by Gasteiger charge is 2.15. The summed E-state index contributed by atoms with van der Waals surface area (Å²) in [6.07, 6.45) is 2.01. The SMILES string of the molecule is Cc1cccc(NC(=S)N(Cc2ccccc2)Cc2cccn2Cc2ccc(F)cc2Cl)c1. The minimum Gasteiger partial charge on any atom is -0.345 e. The van der Waals surface area contributed by atoms with E-state index in [0.29, 0.717) is 29.8 Å². The number of aromatic nitrogens is 1. The smallest absolute Gasteiger partial charge is 0.174 e. The molecule has 168 valence electrons. The number of nitrogens with zero attached hydrogens (tertiary/aromatic N) is 2. The summed E-state index contributed by atoms with van der Waals surface area (Å²) in [5.74, 6) is -0.335. The van der Waals surface area contributed by atoms with Crippen LogP contribution in [0.1, 0.15) is 22.4 Å². The number of nitrogens with one attached hydrogen (secondary N) is 1. The lowest BCUT2D eigenvalue weighted by molar-refractivity contribution is 0.399. The van der Waals surface area contributed by atoms with Gasteiger partial charge in [0.1, 0.15) is 5.82 Å². The Morgan fingerprint density at radius 3 is 2.55 bits per heavy atom. The fourth-order valence-corrected chi connectivity index (χ4v) is 4.18. The average molecular weight is 478 g/mol. The van der Waals surface area contributed by atoms with Gasteiger partial charge in [-0.25, -0.2) is 4.39 Å². The molecule has 1 N–H and O–H groups in total. The van der Waals surface area contributed by atoms with Crippen molar-refractivity contribution in [2.75, 3.05) is 5.32 Å². The molecular formula is C27H25ClFN3S. The largest absolute Gasteiger partial charge is 0.345 e. The number of halogens is 2. The van der Waals surface area contributed by atoms with E-state index in [1.165, 1.54) is 23.3 Å². The molecule has 0 saturated carbocycles. The van der Waals surface area contributed by atoms with Crippen molar-refractivity contribution < 1.29 is 4.39 Å². The van der Waals surface area contributed by atoms with E-state index in [2.05, 4.69) is 52.0 Å². The van der Waals surface area contributed by atoms with E-state index >= 15 is 0 Å². The summed E-state index contributed by atoms with van der Waals surface area (Å²) in [7, 11) is 0. The first kappa shape index (κ1) is 23.0.